The molecular weight excluding hydrogens is 312 g/mol. The number of benzene rings is 1. The van der Waals surface area contributed by atoms with E-state index in [1.807, 2.05) is 36.5 Å². The Balaban J connectivity index is 1.73. The van der Waals surface area contributed by atoms with Gasteiger partial charge in [-0.05, 0) is 31.0 Å². The Bertz CT molecular complexity index is 776. The molecule has 0 bridgehead atoms. The highest BCUT2D eigenvalue weighted by Crippen LogP contribution is 2.18. The second-order valence-corrected chi connectivity index (χ2v) is 6.06. The van der Waals surface area contributed by atoms with Crippen molar-refractivity contribution in [1.82, 2.24) is 20.2 Å². The van der Waals surface area contributed by atoms with Crippen LogP contribution in [0.3, 0.4) is 0 Å². The zero-order valence-electron chi connectivity index (χ0n) is 14.5. The number of pyridine rings is 1. The van der Waals surface area contributed by atoms with E-state index in [1.54, 1.807) is 12.4 Å². The zero-order valence-corrected chi connectivity index (χ0v) is 14.5. The van der Waals surface area contributed by atoms with Crippen molar-refractivity contribution < 1.29 is 0 Å². The van der Waals surface area contributed by atoms with E-state index in [0.29, 0.717) is 18.5 Å². The predicted octanol–water partition coefficient (Wildman–Crippen LogP) is 3.29. The fourth-order valence-corrected chi connectivity index (χ4v) is 2.50. The number of nitrogens with one attached hydrogen (secondary N) is 1. The van der Waals surface area contributed by atoms with E-state index in [0.717, 1.165) is 17.9 Å². The molecule has 0 amide bonds. The molecule has 2 heterocycles. The lowest BCUT2D eigenvalue weighted by atomic mass is 10.2. The lowest BCUT2D eigenvalue weighted by molar-refractivity contribution is 0.667. The van der Waals surface area contributed by atoms with Crippen LogP contribution in [-0.2, 0) is 13.1 Å². The Kier molecular flexibility index (Phi) is 5.51. The number of nitrogens with zero attached hydrogens (tertiary/aromatic N) is 5. The molecule has 1 N–H and O–H groups in total. The van der Waals surface area contributed by atoms with Gasteiger partial charge >= 0.3 is 0 Å². The van der Waals surface area contributed by atoms with Crippen molar-refractivity contribution in [3.63, 3.8) is 0 Å². The first-order chi connectivity index (χ1) is 12.2. The Morgan fingerprint density at radius 2 is 1.80 bits per heavy atom. The molecule has 0 fully saturated rings. The van der Waals surface area contributed by atoms with Crippen LogP contribution in [0.25, 0.3) is 0 Å². The third kappa shape index (κ3) is 4.73. The summed E-state index contributed by atoms with van der Waals surface area (Å²) in [5.74, 6) is 1.32. The maximum atomic E-state index is 4.63. The summed E-state index contributed by atoms with van der Waals surface area (Å²) in [6.07, 6.45) is 5.28. The summed E-state index contributed by atoms with van der Waals surface area (Å²) in [4.78, 5) is 10.9. The molecule has 0 atom stereocenters. The van der Waals surface area contributed by atoms with Crippen molar-refractivity contribution in [2.45, 2.75) is 33.0 Å². The van der Waals surface area contributed by atoms with E-state index in [2.05, 4.69) is 56.4 Å². The third-order valence-corrected chi connectivity index (χ3v) is 3.83. The lowest BCUT2D eigenvalue weighted by Gasteiger charge is -2.27. The minimum Gasteiger partial charge on any atom is -0.349 e. The van der Waals surface area contributed by atoms with Gasteiger partial charge < -0.3 is 10.2 Å². The largest absolute Gasteiger partial charge is 0.349 e. The van der Waals surface area contributed by atoms with E-state index >= 15 is 0 Å². The van der Waals surface area contributed by atoms with Gasteiger partial charge in [-0.3, -0.25) is 4.98 Å². The van der Waals surface area contributed by atoms with Gasteiger partial charge in [-0.2, -0.15) is 10.1 Å². The maximum Gasteiger partial charge on any atom is 0.244 e. The standard InChI is InChI=1S/C19H22N6/c1-15(2)25(14-16-7-4-3-5-8-16)18-13-22-24-19(23-18)21-12-17-9-6-10-20-11-17/h3-11,13,15H,12,14H2,1-2H3,(H,21,23,24). The molecule has 0 aliphatic heterocycles. The molecule has 6 heteroatoms. The summed E-state index contributed by atoms with van der Waals surface area (Å²) in [6, 6.07) is 14.6. The summed E-state index contributed by atoms with van der Waals surface area (Å²) in [5.41, 5.74) is 2.31. The molecule has 1 aromatic carbocycles. The van der Waals surface area contributed by atoms with Gasteiger partial charge in [-0.15, -0.1) is 5.10 Å². The molecule has 2 aromatic heterocycles. The number of anilines is 2. The van der Waals surface area contributed by atoms with Gasteiger partial charge in [0, 0.05) is 31.5 Å². The number of aromatic nitrogens is 4. The minimum atomic E-state index is 0.295. The molecule has 25 heavy (non-hydrogen) atoms. The summed E-state index contributed by atoms with van der Waals surface area (Å²) in [7, 11) is 0. The van der Waals surface area contributed by atoms with Gasteiger partial charge in [0.25, 0.3) is 0 Å². The topological polar surface area (TPSA) is 66.8 Å². The van der Waals surface area contributed by atoms with Crippen molar-refractivity contribution >= 4 is 11.8 Å². The average molecular weight is 334 g/mol. The van der Waals surface area contributed by atoms with Crippen LogP contribution < -0.4 is 10.2 Å². The van der Waals surface area contributed by atoms with Crippen molar-refractivity contribution in [1.29, 1.82) is 0 Å². The molecule has 3 rings (SSSR count). The smallest absolute Gasteiger partial charge is 0.244 e. The molecule has 128 valence electrons. The van der Waals surface area contributed by atoms with Gasteiger partial charge in [0.1, 0.15) is 0 Å². The van der Waals surface area contributed by atoms with Crippen LogP contribution in [0.5, 0.6) is 0 Å². The van der Waals surface area contributed by atoms with Crippen LogP contribution in [0.4, 0.5) is 11.8 Å². The Labute approximate surface area is 148 Å². The fourth-order valence-electron chi connectivity index (χ4n) is 2.50. The van der Waals surface area contributed by atoms with Gasteiger partial charge in [0.15, 0.2) is 5.82 Å². The Morgan fingerprint density at radius 1 is 1.00 bits per heavy atom. The maximum absolute atomic E-state index is 4.63. The monoisotopic (exact) mass is 334 g/mol. The Hall–Kier alpha value is -3.02. The fraction of sp³-hybridized carbons (Fsp3) is 0.263. The van der Waals surface area contributed by atoms with E-state index in [9.17, 15) is 0 Å². The first-order valence-electron chi connectivity index (χ1n) is 8.35. The van der Waals surface area contributed by atoms with E-state index < -0.39 is 0 Å². The molecule has 0 spiro atoms. The van der Waals surface area contributed by atoms with Crippen molar-refractivity contribution in [2.24, 2.45) is 0 Å². The van der Waals surface area contributed by atoms with Crippen molar-refractivity contribution in [2.75, 3.05) is 10.2 Å². The highest BCUT2D eigenvalue weighted by molar-refractivity contribution is 5.42. The zero-order chi connectivity index (χ0) is 17.5. The SMILES string of the molecule is CC(C)N(Cc1ccccc1)c1cnnc(NCc2cccnc2)n1. The van der Waals surface area contributed by atoms with E-state index in [-0.39, 0.29) is 0 Å². The van der Waals surface area contributed by atoms with Crippen LogP contribution in [0.1, 0.15) is 25.0 Å². The number of hydrogen-bond acceptors (Lipinski definition) is 6. The van der Waals surface area contributed by atoms with Crippen LogP contribution in [-0.4, -0.2) is 26.2 Å². The highest BCUT2D eigenvalue weighted by atomic mass is 15.3. The van der Waals surface area contributed by atoms with E-state index in [1.165, 1.54) is 5.56 Å². The lowest BCUT2D eigenvalue weighted by Crippen LogP contribution is -2.31. The number of hydrogen-bond donors (Lipinski definition) is 1. The van der Waals surface area contributed by atoms with E-state index in [4.69, 9.17) is 0 Å². The number of rotatable bonds is 7. The molecule has 3 aromatic rings. The van der Waals surface area contributed by atoms with Gasteiger partial charge in [0.2, 0.25) is 5.95 Å². The normalized spacial score (nSPS) is 10.7. The molecule has 0 aliphatic carbocycles. The quantitative estimate of drug-likeness (QED) is 0.715. The predicted molar refractivity (Wildman–Crippen MR) is 99.2 cm³/mol. The second kappa shape index (κ2) is 8.19. The summed E-state index contributed by atoms with van der Waals surface area (Å²) >= 11 is 0. The van der Waals surface area contributed by atoms with Gasteiger partial charge in [-0.1, -0.05) is 36.4 Å². The summed E-state index contributed by atoms with van der Waals surface area (Å²) in [6.45, 7) is 5.68. The minimum absolute atomic E-state index is 0.295. The van der Waals surface area contributed by atoms with Crippen molar-refractivity contribution in [3.05, 3.63) is 72.2 Å². The van der Waals surface area contributed by atoms with Crippen LogP contribution in [0.15, 0.2) is 61.1 Å². The first kappa shape index (κ1) is 16.8. The Morgan fingerprint density at radius 3 is 2.52 bits per heavy atom. The summed E-state index contributed by atoms with van der Waals surface area (Å²) < 4.78 is 0. The second-order valence-electron chi connectivity index (χ2n) is 6.06. The molecule has 0 radical (unpaired) electrons. The molecular formula is C19H22N6. The molecule has 0 aliphatic rings. The van der Waals surface area contributed by atoms with Crippen LogP contribution in [0.2, 0.25) is 0 Å². The molecule has 0 saturated heterocycles. The molecule has 0 unspecified atom stereocenters. The van der Waals surface area contributed by atoms with Gasteiger partial charge in [-0.25, -0.2) is 0 Å². The van der Waals surface area contributed by atoms with Crippen LogP contribution in [0, 0.1) is 0 Å². The highest BCUT2D eigenvalue weighted by Gasteiger charge is 2.14. The first-order valence-corrected chi connectivity index (χ1v) is 8.35. The van der Waals surface area contributed by atoms with Crippen LogP contribution >= 0.6 is 0 Å². The average Bonchev–Trinajstić information content (AvgIpc) is 2.66. The van der Waals surface area contributed by atoms with Crippen molar-refractivity contribution in [3.8, 4) is 0 Å². The van der Waals surface area contributed by atoms with Gasteiger partial charge in [0.05, 0.1) is 6.20 Å². The molecule has 6 nitrogen and oxygen atoms in total. The molecule has 0 saturated carbocycles. The summed E-state index contributed by atoms with van der Waals surface area (Å²) in [5, 5.41) is 11.4. The third-order valence-electron chi connectivity index (χ3n) is 3.83.